The van der Waals surface area contributed by atoms with Crippen molar-refractivity contribution in [1.29, 1.82) is 5.26 Å². The van der Waals surface area contributed by atoms with Crippen molar-refractivity contribution in [3.63, 3.8) is 0 Å². The predicted octanol–water partition coefficient (Wildman–Crippen LogP) is 2.61. The minimum Gasteiger partial charge on any atom is -0.394 e. The van der Waals surface area contributed by atoms with Crippen molar-refractivity contribution in [3.05, 3.63) is 29.8 Å². The second-order valence-electron chi connectivity index (χ2n) is 6.56. The number of nitrogens with zero attached hydrogens (tertiary/aromatic N) is 1. The van der Waals surface area contributed by atoms with Gasteiger partial charge in [-0.05, 0) is 43.4 Å². The van der Waals surface area contributed by atoms with Crippen LogP contribution in [0, 0.1) is 17.2 Å². The first-order valence-electron chi connectivity index (χ1n) is 8.80. The highest BCUT2D eigenvalue weighted by Gasteiger charge is 2.21. The van der Waals surface area contributed by atoms with Crippen LogP contribution in [0.1, 0.15) is 44.6 Å². The van der Waals surface area contributed by atoms with Gasteiger partial charge >= 0.3 is 0 Å². The Morgan fingerprint density at radius 1 is 1.38 bits per heavy atom. The van der Waals surface area contributed by atoms with Crippen molar-refractivity contribution >= 4 is 11.6 Å². The standard InChI is InChI=1S/C19H27N3O2/c1-2-16(13-23)22-19(24)11-14-6-8-17(9-7-14)21-18-5-3-4-15(10-18)12-20/h6-9,15-16,18,21,23H,2-5,10-11,13H2,1H3,(H,22,24)/t15-,16+,18-/m0/s1. The summed E-state index contributed by atoms with van der Waals surface area (Å²) in [5.41, 5.74) is 1.98. The number of nitriles is 1. The van der Waals surface area contributed by atoms with Crippen LogP contribution in [-0.2, 0) is 11.2 Å². The van der Waals surface area contributed by atoms with Crippen molar-refractivity contribution in [3.8, 4) is 6.07 Å². The van der Waals surface area contributed by atoms with Gasteiger partial charge in [-0.2, -0.15) is 5.26 Å². The molecule has 1 fully saturated rings. The Kier molecular flexibility index (Phi) is 7.07. The van der Waals surface area contributed by atoms with E-state index in [2.05, 4.69) is 16.7 Å². The zero-order valence-corrected chi connectivity index (χ0v) is 14.3. The molecule has 1 aliphatic rings. The molecule has 0 heterocycles. The molecule has 0 unspecified atom stereocenters. The first kappa shape index (κ1) is 18.3. The third-order valence-corrected chi connectivity index (χ3v) is 4.62. The van der Waals surface area contributed by atoms with E-state index in [1.807, 2.05) is 31.2 Å². The zero-order valence-electron chi connectivity index (χ0n) is 14.3. The lowest BCUT2D eigenvalue weighted by atomic mass is 9.86. The van der Waals surface area contributed by atoms with Gasteiger partial charge in [0.25, 0.3) is 0 Å². The van der Waals surface area contributed by atoms with E-state index in [1.54, 1.807) is 0 Å². The number of amides is 1. The minimum atomic E-state index is -0.169. The Labute approximate surface area is 144 Å². The average Bonchev–Trinajstić information content (AvgIpc) is 2.61. The first-order valence-corrected chi connectivity index (χ1v) is 8.80. The molecule has 0 bridgehead atoms. The molecule has 0 aromatic heterocycles. The number of aliphatic hydroxyl groups is 1. The molecule has 1 aliphatic carbocycles. The zero-order chi connectivity index (χ0) is 17.4. The molecule has 1 aromatic rings. The topological polar surface area (TPSA) is 85.2 Å². The van der Waals surface area contributed by atoms with E-state index in [-0.39, 0.29) is 24.5 Å². The number of aliphatic hydroxyl groups excluding tert-OH is 1. The average molecular weight is 329 g/mol. The molecular formula is C19H27N3O2. The van der Waals surface area contributed by atoms with Crippen LogP contribution in [0.5, 0.6) is 0 Å². The number of hydrogen-bond donors (Lipinski definition) is 3. The smallest absolute Gasteiger partial charge is 0.224 e. The van der Waals surface area contributed by atoms with Crippen LogP contribution in [0.4, 0.5) is 5.69 Å². The summed E-state index contributed by atoms with van der Waals surface area (Å²) in [6.45, 7) is 1.90. The molecule has 0 radical (unpaired) electrons. The molecule has 1 aromatic carbocycles. The van der Waals surface area contributed by atoms with Crippen LogP contribution in [0.15, 0.2) is 24.3 Å². The van der Waals surface area contributed by atoms with Gasteiger partial charge in [0, 0.05) is 17.6 Å². The lowest BCUT2D eigenvalue weighted by molar-refractivity contribution is -0.121. The second-order valence-corrected chi connectivity index (χ2v) is 6.56. The van der Waals surface area contributed by atoms with Crippen LogP contribution < -0.4 is 10.6 Å². The molecule has 0 saturated heterocycles. The number of rotatable bonds is 7. The predicted molar refractivity (Wildman–Crippen MR) is 94.4 cm³/mol. The molecule has 1 saturated carbocycles. The van der Waals surface area contributed by atoms with E-state index in [0.717, 1.165) is 43.4 Å². The van der Waals surface area contributed by atoms with Crippen molar-refractivity contribution in [2.75, 3.05) is 11.9 Å². The Morgan fingerprint density at radius 3 is 2.75 bits per heavy atom. The number of nitrogens with one attached hydrogen (secondary N) is 2. The highest BCUT2D eigenvalue weighted by Crippen LogP contribution is 2.26. The molecule has 5 heteroatoms. The number of benzene rings is 1. The molecular weight excluding hydrogens is 302 g/mol. The molecule has 24 heavy (non-hydrogen) atoms. The minimum absolute atomic E-state index is 0.0316. The number of carbonyl (C=O) groups is 1. The maximum Gasteiger partial charge on any atom is 0.224 e. The van der Waals surface area contributed by atoms with Gasteiger partial charge < -0.3 is 15.7 Å². The summed E-state index contributed by atoms with van der Waals surface area (Å²) < 4.78 is 0. The van der Waals surface area contributed by atoms with E-state index >= 15 is 0 Å². The Bertz CT molecular complexity index is 561. The lowest BCUT2D eigenvalue weighted by Gasteiger charge is -2.27. The van der Waals surface area contributed by atoms with Crippen molar-refractivity contribution in [1.82, 2.24) is 5.32 Å². The first-order chi connectivity index (χ1) is 11.6. The summed E-state index contributed by atoms with van der Waals surface area (Å²) >= 11 is 0. The fourth-order valence-electron chi connectivity index (χ4n) is 3.13. The fourth-order valence-corrected chi connectivity index (χ4v) is 3.13. The third kappa shape index (κ3) is 5.54. The van der Waals surface area contributed by atoms with Crippen molar-refractivity contribution in [2.24, 2.45) is 5.92 Å². The monoisotopic (exact) mass is 329 g/mol. The lowest BCUT2D eigenvalue weighted by Crippen LogP contribution is -2.37. The largest absolute Gasteiger partial charge is 0.394 e. The molecule has 2 rings (SSSR count). The van der Waals surface area contributed by atoms with Crippen LogP contribution in [0.3, 0.4) is 0 Å². The summed E-state index contributed by atoms with van der Waals surface area (Å²) in [6.07, 6.45) is 5.14. The summed E-state index contributed by atoms with van der Waals surface area (Å²) in [4.78, 5) is 11.9. The SMILES string of the molecule is CC[C@H](CO)NC(=O)Cc1ccc(N[C@H]2CCC[C@H](C#N)C2)cc1. The highest BCUT2D eigenvalue weighted by atomic mass is 16.3. The molecule has 5 nitrogen and oxygen atoms in total. The quantitative estimate of drug-likeness (QED) is 0.718. The normalized spacial score (nSPS) is 21.5. The number of carbonyl (C=O) groups excluding carboxylic acids is 1. The maximum absolute atomic E-state index is 11.9. The van der Waals surface area contributed by atoms with E-state index in [0.29, 0.717) is 12.5 Å². The van der Waals surface area contributed by atoms with E-state index < -0.39 is 0 Å². The molecule has 0 spiro atoms. The summed E-state index contributed by atoms with van der Waals surface area (Å²) in [6, 6.07) is 10.4. The highest BCUT2D eigenvalue weighted by molar-refractivity contribution is 5.79. The maximum atomic E-state index is 11.9. The van der Waals surface area contributed by atoms with E-state index in [4.69, 9.17) is 10.4 Å². The van der Waals surface area contributed by atoms with Crippen LogP contribution in [-0.4, -0.2) is 29.7 Å². The number of anilines is 1. The summed E-state index contributed by atoms with van der Waals surface area (Å²) in [5.74, 6) is 0.0954. The Hall–Kier alpha value is -2.06. The van der Waals surface area contributed by atoms with Crippen LogP contribution in [0.2, 0.25) is 0 Å². The molecule has 1 amide bonds. The third-order valence-electron chi connectivity index (χ3n) is 4.62. The van der Waals surface area contributed by atoms with Crippen LogP contribution in [0.25, 0.3) is 0 Å². The van der Waals surface area contributed by atoms with Gasteiger partial charge in [0.2, 0.25) is 5.91 Å². The molecule has 0 aliphatic heterocycles. The second kappa shape index (κ2) is 9.29. The van der Waals surface area contributed by atoms with Gasteiger partial charge in [0.1, 0.15) is 0 Å². The fraction of sp³-hybridized carbons (Fsp3) is 0.579. The Morgan fingerprint density at radius 2 is 2.12 bits per heavy atom. The van der Waals surface area contributed by atoms with Gasteiger partial charge in [-0.1, -0.05) is 25.5 Å². The Balaban J connectivity index is 1.84. The van der Waals surface area contributed by atoms with Crippen LogP contribution >= 0.6 is 0 Å². The van der Waals surface area contributed by atoms with E-state index in [9.17, 15) is 4.79 Å². The summed E-state index contributed by atoms with van der Waals surface area (Å²) in [5, 5.41) is 24.5. The molecule has 3 N–H and O–H groups in total. The number of hydrogen-bond acceptors (Lipinski definition) is 4. The van der Waals surface area contributed by atoms with Gasteiger partial charge in [-0.15, -0.1) is 0 Å². The summed E-state index contributed by atoms with van der Waals surface area (Å²) in [7, 11) is 0. The van der Waals surface area contributed by atoms with Gasteiger partial charge in [0.05, 0.1) is 25.1 Å². The van der Waals surface area contributed by atoms with Crippen molar-refractivity contribution in [2.45, 2.75) is 57.5 Å². The van der Waals surface area contributed by atoms with Gasteiger partial charge in [0.15, 0.2) is 0 Å². The van der Waals surface area contributed by atoms with Gasteiger partial charge in [-0.3, -0.25) is 4.79 Å². The molecule has 130 valence electrons. The van der Waals surface area contributed by atoms with E-state index in [1.165, 1.54) is 0 Å². The molecule has 3 atom stereocenters. The van der Waals surface area contributed by atoms with Crippen molar-refractivity contribution < 1.29 is 9.90 Å². The van der Waals surface area contributed by atoms with Gasteiger partial charge in [-0.25, -0.2) is 0 Å².